The molecule has 0 aromatic heterocycles. The Bertz CT molecular complexity index is 517. The third kappa shape index (κ3) is 4.59. The molecule has 0 saturated heterocycles. The van der Waals surface area contributed by atoms with Crippen LogP contribution in [0.1, 0.15) is 104 Å². The fraction of sp³-hybridized carbons (Fsp3) is 1.00. The molecule has 8 unspecified atom stereocenters. The quantitative estimate of drug-likeness (QED) is 0.439. The maximum absolute atomic E-state index is 5.70. The number of rotatable bonds is 9. The summed E-state index contributed by atoms with van der Waals surface area (Å²) in [6.07, 6.45) is 19.2. The van der Waals surface area contributed by atoms with Crippen LogP contribution < -0.4 is 11.1 Å². The van der Waals surface area contributed by atoms with Crippen molar-refractivity contribution in [1.29, 1.82) is 0 Å². The minimum absolute atomic E-state index is 0.664. The van der Waals surface area contributed by atoms with Crippen molar-refractivity contribution in [3.8, 4) is 0 Å². The van der Waals surface area contributed by atoms with Crippen molar-refractivity contribution >= 4 is 0 Å². The van der Waals surface area contributed by atoms with Crippen LogP contribution >= 0.6 is 0 Å². The molecule has 0 heterocycles. The van der Waals surface area contributed by atoms with Gasteiger partial charge in [-0.05, 0) is 118 Å². The molecule has 0 spiro atoms. The third-order valence-electron chi connectivity index (χ3n) is 10.3. The van der Waals surface area contributed by atoms with Crippen LogP contribution in [0.3, 0.4) is 0 Å². The van der Waals surface area contributed by atoms with E-state index in [0.717, 1.165) is 67.0 Å². The molecule has 0 aliphatic heterocycles. The smallest absolute Gasteiger partial charge is 0.00701 e. The first-order valence-corrected chi connectivity index (χ1v) is 13.5. The summed E-state index contributed by atoms with van der Waals surface area (Å²) in [4.78, 5) is 0. The molecule has 4 aliphatic rings. The Morgan fingerprint density at radius 2 is 1.76 bits per heavy atom. The standard InChI is InChI=1S/C27H50N2/c1-19(2)7-4-5-8-20-9-10-24-23(20)11-12-26-25(24)18-21-17-22(29-16-6-15-28)13-14-27(21,26)3/h19-26,29H,4-18,28H2,1-3H3. The number of hydrogen-bond donors (Lipinski definition) is 2. The normalized spacial score (nSPS) is 44.0. The molecule has 0 bridgehead atoms. The van der Waals surface area contributed by atoms with Crippen molar-refractivity contribution in [2.45, 2.75) is 110 Å². The SMILES string of the molecule is CC(C)CCCCC1CCC2C1CCC1C2CC2CC(NCCCN)CCC21C. The molecule has 2 heteroatoms. The molecule has 2 nitrogen and oxygen atoms in total. The topological polar surface area (TPSA) is 38.0 Å². The van der Waals surface area contributed by atoms with Crippen LogP contribution in [0.5, 0.6) is 0 Å². The van der Waals surface area contributed by atoms with E-state index in [4.69, 9.17) is 5.73 Å². The van der Waals surface area contributed by atoms with Gasteiger partial charge in [-0.3, -0.25) is 0 Å². The van der Waals surface area contributed by atoms with Crippen molar-refractivity contribution < 1.29 is 0 Å². The summed E-state index contributed by atoms with van der Waals surface area (Å²) >= 11 is 0. The molecule has 168 valence electrons. The molecule has 0 radical (unpaired) electrons. The molecule has 0 amide bonds. The van der Waals surface area contributed by atoms with E-state index in [1.165, 1.54) is 38.5 Å². The molecule has 0 aromatic rings. The van der Waals surface area contributed by atoms with Crippen molar-refractivity contribution in [3.05, 3.63) is 0 Å². The molecule has 4 aliphatic carbocycles. The van der Waals surface area contributed by atoms with Gasteiger partial charge in [0.1, 0.15) is 0 Å². The number of fused-ring (bicyclic) bond motifs is 5. The predicted octanol–water partition coefficient (Wildman–Crippen LogP) is 6.39. The maximum Gasteiger partial charge on any atom is 0.00701 e. The lowest BCUT2D eigenvalue weighted by Gasteiger charge is -2.47. The molecule has 8 atom stereocenters. The predicted molar refractivity (Wildman–Crippen MR) is 125 cm³/mol. The Morgan fingerprint density at radius 3 is 2.55 bits per heavy atom. The van der Waals surface area contributed by atoms with Gasteiger partial charge in [-0.25, -0.2) is 0 Å². The molecular formula is C27H50N2. The Morgan fingerprint density at radius 1 is 0.931 bits per heavy atom. The van der Waals surface area contributed by atoms with E-state index in [-0.39, 0.29) is 0 Å². The molecule has 29 heavy (non-hydrogen) atoms. The van der Waals surface area contributed by atoms with Crippen LogP contribution in [0.15, 0.2) is 0 Å². The minimum atomic E-state index is 0.664. The lowest BCUT2D eigenvalue weighted by atomic mass is 9.59. The van der Waals surface area contributed by atoms with Crippen LogP contribution in [0.2, 0.25) is 0 Å². The van der Waals surface area contributed by atoms with Gasteiger partial charge >= 0.3 is 0 Å². The van der Waals surface area contributed by atoms with Crippen LogP contribution in [0.25, 0.3) is 0 Å². The first-order valence-electron chi connectivity index (χ1n) is 13.5. The number of nitrogens with one attached hydrogen (secondary N) is 1. The summed E-state index contributed by atoms with van der Waals surface area (Å²) in [5, 5.41) is 3.84. The summed E-state index contributed by atoms with van der Waals surface area (Å²) in [6.45, 7) is 9.42. The summed E-state index contributed by atoms with van der Waals surface area (Å²) in [5.41, 5.74) is 6.37. The van der Waals surface area contributed by atoms with Gasteiger partial charge < -0.3 is 11.1 Å². The van der Waals surface area contributed by atoms with Gasteiger partial charge in [-0.2, -0.15) is 0 Å². The van der Waals surface area contributed by atoms with Crippen molar-refractivity contribution in [2.75, 3.05) is 13.1 Å². The Balaban J connectivity index is 1.32. The Hall–Kier alpha value is -0.0800. The van der Waals surface area contributed by atoms with E-state index in [9.17, 15) is 0 Å². The first-order chi connectivity index (χ1) is 14.0. The zero-order valence-electron chi connectivity index (χ0n) is 19.8. The molecule has 0 aromatic carbocycles. The third-order valence-corrected chi connectivity index (χ3v) is 10.3. The highest BCUT2D eigenvalue weighted by Crippen LogP contribution is 2.66. The Kier molecular flexibility index (Phi) is 7.32. The van der Waals surface area contributed by atoms with Gasteiger partial charge in [0.05, 0.1) is 0 Å². The van der Waals surface area contributed by atoms with E-state index in [1.54, 1.807) is 38.5 Å². The van der Waals surface area contributed by atoms with Gasteiger partial charge in [0.15, 0.2) is 0 Å². The molecule has 4 rings (SSSR count). The van der Waals surface area contributed by atoms with Crippen molar-refractivity contribution in [3.63, 3.8) is 0 Å². The average molecular weight is 403 g/mol. The number of unbranched alkanes of at least 4 members (excludes halogenated alkanes) is 1. The minimum Gasteiger partial charge on any atom is -0.330 e. The van der Waals surface area contributed by atoms with Crippen LogP contribution in [-0.2, 0) is 0 Å². The molecule has 4 fully saturated rings. The number of nitrogens with two attached hydrogens (primary N) is 1. The van der Waals surface area contributed by atoms with Crippen molar-refractivity contribution in [1.82, 2.24) is 5.32 Å². The summed E-state index contributed by atoms with van der Waals surface area (Å²) in [7, 11) is 0. The summed E-state index contributed by atoms with van der Waals surface area (Å²) in [6, 6.07) is 0.771. The van der Waals surface area contributed by atoms with Crippen LogP contribution in [0, 0.1) is 46.8 Å². The van der Waals surface area contributed by atoms with Gasteiger partial charge in [0.25, 0.3) is 0 Å². The van der Waals surface area contributed by atoms with E-state index in [1.807, 2.05) is 0 Å². The van der Waals surface area contributed by atoms with Crippen molar-refractivity contribution in [2.24, 2.45) is 52.6 Å². The summed E-state index contributed by atoms with van der Waals surface area (Å²) in [5.74, 6) is 7.27. The highest BCUT2D eigenvalue weighted by molar-refractivity contribution is 5.08. The number of hydrogen-bond acceptors (Lipinski definition) is 2. The fourth-order valence-electron chi connectivity index (χ4n) is 8.72. The van der Waals surface area contributed by atoms with Gasteiger partial charge in [0, 0.05) is 6.04 Å². The highest BCUT2D eigenvalue weighted by Gasteiger charge is 2.59. The van der Waals surface area contributed by atoms with Gasteiger partial charge in [0.2, 0.25) is 0 Å². The summed E-state index contributed by atoms with van der Waals surface area (Å²) < 4.78 is 0. The van der Waals surface area contributed by atoms with Crippen LogP contribution in [-0.4, -0.2) is 19.1 Å². The highest BCUT2D eigenvalue weighted by atomic mass is 14.9. The van der Waals surface area contributed by atoms with Crippen LogP contribution in [0.4, 0.5) is 0 Å². The maximum atomic E-state index is 5.70. The Labute approximate surface area is 181 Å². The lowest BCUT2D eigenvalue weighted by Crippen LogP contribution is -2.44. The van der Waals surface area contributed by atoms with E-state index >= 15 is 0 Å². The second kappa shape index (κ2) is 9.60. The largest absolute Gasteiger partial charge is 0.330 e. The van der Waals surface area contributed by atoms with Gasteiger partial charge in [-0.1, -0.05) is 46.5 Å². The lowest BCUT2D eigenvalue weighted by molar-refractivity contribution is 0.0267. The zero-order chi connectivity index (χ0) is 20.4. The molecule has 3 N–H and O–H groups in total. The second-order valence-corrected chi connectivity index (χ2v) is 12.2. The fourth-order valence-corrected chi connectivity index (χ4v) is 8.72. The average Bonchev–Trinajstić information content (AvgIpc) is 3.24. The second-order valence-electron chi connectivity index (χ2n) is 12.2. The molecule has 4 saturated carbocycles. The molecular weight excluding hydrogens is 352 g/mol. The van der Waals surface area contributed by atoms with E-state index in [2.05, 4.69) is 26.1 Å². The van der Waals surface area contributed by atoms with E-state index < -0.39 is 0 Å². The van der Waals surface area contributed by atoms with E-state index in [0.29, 0.717) is 5.41 Å². The monoisotopic (exact) mass is 402 g/mol. The first kappa shape index (κ1) is 22.1. The zero-order valence-corrected chi connectivity index (χ0v) is 19.8. The van der Waals surface area contributed by atoms with Gasteiger partial charge in [-0.15, -0.1) is 0 Å².